The summed E-state index contributed by atoms with van der Waals surface area (Å²) in [4.78, 5) is 2.68. The molecule has 4 heteroatoms. The number of nitrogens with zero attached hydrogens (tertiary/aromatic N) is 1. The van der Waals surface area contributed by atoms with Crippen LogP contribution in [0, 0.1) is 39.9 Å². The topological polar surface area (TPSA) is 63.9 Å². The highest BCUT2D eigenvalue weighted by Gasteiger charge is 2.79. The second-order valence-electron chi connectivity index (χ2n) is 11.3. The fourth-order valence-corrected chi connectivity index (χ4v) is 10.1. The lowest BCUT2D eigenvalue weighted by Crippen LogP contribution is -2.74. The molecule has 5 saturated carbocycles. The van der Waals surface area contributed by atoms with Crippen LogP contribution >= 0.6 is 0 Å². The van der Waals surface area contributed by atoms with Crippen LogP contribution in [0.4, 0.5) is 0 Å². The van der Waals surface area contributed by atoms with E-state index in [4.69, 9.17) is 0 Å². The molecule has 3 N–H and O–H groups in total. The van der Waals surface area contributed by atoms with Crippen LogP contribution in [0.2, 0.25) is 0 Å². The third-order valence-corrected chi connectivity index (χ3v) is 10.7. The van der Waals surface area contributed by atoms with Gasteiger partial charge in [-0.15, -0.1) is 0 Å². The van der Waals surface area contributed by atoms with Gasteiger partial charge in [-0.25, -0.2) is 0 Å². The van der Waals surface area contributed by atoms with Crippen molar-refractivity contribution in [1.82, 2.24) is 4.90 Å². The molecule has 1 saturated heterocycles. The average Bonchev–Trinajstić information content (AvgIpc) is 2.97. The lowest BCUT2D eigenvalue weighted by atomic mass is 9.40. The maximum atomic E-state index is 11.6. The second kappa shape index (κ2) is 5.00. The Morgan fingerprint density at radius 2 is 1.93 bits per heavy atom. The monoisotopic (exact) mass is 373 g/mol. The van der Waals surface area contributed by atoms with Gasteiger partial charge in [0.25, 0.3) is 0 Å². The van der Waals surface area contributed by atoms with E-state index in [-0.39, 0.29) is 34.2 Å². The van der Waals surface area contributed by atoms with Crippen LogP contribution in [0.5, 0.6) is 0 Å². The van der Waals surface area contributed by atoms with E-state index in [1.165, 1.54) is 6.42 Å². The van der Waals surface area contributed by atoms with Crippen LogP contribution in [0.25, 0.3) is 0 Å². The van der Waals surface area contributed by atoms with Gasteiger partial charge in [0.05, 0.1) is 18.3 Å². The highest BCUT2D eigenvalue weighted by atomic mass is 16.3. The number of hydrogen-bond acceptors (Lipinski definition) is 4. The fourth-order valence-electron chi connectivity index (χ4n) is 10.1. The SMILES string of the molecule is C=C1[C@@H](O)C23CC4CC5C6(C(O)CC[C@@]5(C)CN(CC)C46)C2CC(O)[C@H]1C3. The van der Waals surface area contributed by atoms with E-state index in [0.29, 0.717) is 17.9 Å². The molecule has 0 aromatic carbocycles. The second-order valence-corrected chi connectivity index (χ2v) is 11.3. The van der Waals surface area contributed by atoms with Crippen molar-refractivity contribution in [3.63, 3.8) is 0 Å². The molecule has 1 heterocycles. The summed E-state index contributed by atoms with van der Waals surface area (Å²) in [7, 11) is 0. The fraction of sp³-hybridized carbons (Fsp3) is 0.913. The Balaban J connectivity index is 1.59. The van der Waals surface area contributed by atoms with Gasteiger partial charge in [0, 0.05) is 29.3 Å². The molecule has 6 rings (SSSR count). The maximum absolute atomic E-state index is 11.6. The first-order valence-electron chi connectivity index (χ1n) is 11.3. The quantitative estimate of drug-likeness (QED) is 0.617. The van der Waals surface area contributed by atoms with Crippen molar-refractivity contribution in [2.45, 2.75) is 76.7 Å². The number of piperidine rings is 1. The van der Waals surface area contributed by atoms with E-state index < -0.39 is 12.2 Å². The Morgan fingerprint density at radius 1 is 1.15 bits per heavy atom. The third-order valence-electron chi connectivity index (χ3n) is 10.7. The summed E-state index contributed by atoms with van der Waals surface area (Å²) in [6.45, 7) is 11.1. The molecule has 0 amide bonds. The first-order chi connectivity index (χ1) is 12.8. The number of aliphatic hydroxyl groups is 3. The first-order valence-corrected chi connectivity index (χ1v) is 11.3. The largest absolute Gasteiger partial charge is 0.392 e. The van der Waals surface area contributed by atoms with Crippen molar-refractivity contribution in [3.05, 3.63) is 12.2 Å². The van der Waals surface area contributed by atoms with E-state index in [9.17, 15) is 15.3 Å². The van der Waals surface area contributed by atoms with Gasteiger partial charge in [0.2, 0.25) is 0 Å². The van der Waals surface area contributed by atoms with Crippen LogP contribution in [-0.2, 0) is 0 Å². The van der Waals surface area contributed by atoms with Gasteiger partial charge < -0.3 is 15.3 Å². The molecule has 0 aromatic heterocycles. The molecule has 6 fully saturated rings. The molecule has 4 nitrogen and oxygen atoms in total. The van der Waals surface area contributed by atoms with Gasteiger partial charge in [0.15, 0.2) is 0 Å². The zero-order valence-corrected chi connectivity index (χ0v) is 16.8. The van der Waals surface area contributed by atoms with Crippen molar-refractivity contribution < 1.29 is 15.3 Å². The van der Waals surface area contributed by atoms with Crippen LogP contribution in [0.3, 0.4) is 0 Å². The molecule has 1 aliphatic heterocycles. The number of likely N-dealkylation sites (tertiary alicyclic amines) is 1. The molecular formula is C23H35NO3. The van der Waals surface area contributed by atoms with Gasteiger partial charge in [-0.2, -0.15) is 0 Å². The van der Waals surface area contributed by atoms with Crippen molar-refractivity contribution in [2.75, 3.05) is 13.1 Å². The summed E-state index contributed by atoms with van der Waals surface area (Å²) < 4.78 is 0. The molecule has 2 spiro atoms. The number of hydrogen-bond donors (Lipinski definition) is 3. The Bertz CT molecular complexity index is 710. The van der Waals surface area contributed by atoms with Crippen molar-refractivity contribution >= 4 is 0 Å². The first kappa shape index (κ1) is 17.4. The number of rotatable bonds is 1. The van der Waals surface area contributed by atoms with Crippen LogP contribution in [-0.4, -0.2) is 57.7 Å². The summed E-state index contributed by atoms with van der Waals surface area (Å²) in [5.41, 5.74) is 0.816. The molecule has 0 radical (unpaired) electrons. The third kappa shape index (κ3) is 1.66. The maximum Gasteiger partial charge on any atom is 0.0810 e. The molecule has 7 bridgehead atoms. The highest BCUT2D eigenvalue weighted by molar-refractivity contribution is 5.34. The van der Waals surface area contributed by atoms with E-state index >= 15 is 0 Å². The summed E-state index contributed by atoms with van der Waals surface area (Å²) in [6, 6.07) is 0.427. The number of aliphatic hydroxyl groups excluding tert-OH is 3. The van der Waals surface area contributed by atoms with E-state index in [1.807, 2.05) is 0 Å². The smallest absolute Gasteiger partial charge is 0.0810 e. The molecule has 11 atom stereocenters. The lowest BCUT2D eigenvalue weighted by molar-refractivity contribution is -0.257. The summed E-state index contributed by atoms with van der Waals surface area (Å²) in [5, 5.41) is 34.0. The molecular weight excluding hydrogens is 338 g/mol. The van der Waals surface area contributed by atoms with Gasteiger partial charge in [-0.1, -0.05) is 20.4 Å². The van der Waals surface area contributed by atoms with Gasteiger partial charge in [-0.05, 0) is 73.8 Å². The molecule has 150 valence electrons. The van der Waals surface area contributed by atoms with Crippen LogP contribution in [0.1, 0.15) is 52.4 Å². The summed E-state index contributed by atoms with van der Waals surface area (Å²) >= 11 is 0. The molecule has 0 aromatic rings. The van der Waals surface area contributed by atoms with Gasteiger partial charge in [-0.3, -0.25) is 4.90 Å². The van der Waals surface area contributed by atoms with Gasteiger partial charge >= 0.3 is 0 Å². The standard InChI is InChI=1S/C23H35NO3/c1-4-24-11-21(3)6-5-18(26)23-16(21)7-13(19(23)24)9-22-10-14(12(2)20(22)27)15(25)8-17(22)23/h13-20,25-27H,2,4-11H2,1,3H3/t13?,14-,15?,16?,17?,18?,19?,20+,21-,22?,23?/m0/s1. The Kier molecular flexibility index (Phi) is 3.23. The predicted octanol–water partition coefficient (Wildman–Crippen LogP) is 2.18. The van der Waals surface area contributed by atoms with Crippen LogP contribution in [0.15, 0.2) is 12.2 Å². The van der Waals surface area contributed by atoms with Crippen molar-refractivity contribution in [1.29, 1.82) is 0 Å². The summed E-state index contributed by atoms with van der Waals surface area (Å²) in [5.74, 6) is 1.36. The Hall–Kier alpha value is -0.420. The number of fused-ring (bicyclic) bond motifs is 1. The highest BCUT2D eigenvalue weighted by Crippen LogP contribution is 2.79. The lowest BCUT2D eigenvalue weighted by Gasteiger charge is -2.70. The Labute approximate surface area is 162 Å². The molecule has 6 aliphatic rings. The average molecular weight is 374 g/mol. The Morgan fingerprint density at radius 3 is 2.67 bits per heavy atom. The van der Waals surface area contributed by atoms with E-state index in [0.717, 1.165) is 50.8 Å². The summed E-state index contributed by atoms with van der Waals surface area (Å²) in [6.07, 6.45) is 4.67. The van der Waals surface area contributed by atoms with Gasteiger partial charge in [0.1, 0.15) is 0 Å². The van der Waals surface area contributed by atoms with E-state index in [2.05, 4.69) is 25.3 Å². The minimum atomic E-state index is -0.501. The normalized spacial score (nSPS) is 64.0. The van der Waals surface area contributed by atoms with Crippen molar-refractivity contribution in [3.8, 4) is 0 Å². The minimum absolute atomic E-state index is 0.0550. The molecule has 8 unspecified atom stereocenters. The van der Waals surface area contributed by atoms with Crippen molar-refractivity contribution in [2.24, 2.45) is 39.9 Å². The molecule has 27 heavy (non-hydrogen) atoms. The zero-order chi connectivity index (χ0) is 18.9. The van der Waals surface area contributed by atoms with Crippen LogP contribution < -0.4 is 0 Å². The predicted molar refractivity (Wildman–Crippen MR) is 103 cm³/mol. The van der Waals surface area contributed by atoms with E-state index in [1.54, 1.807) is 0 Å². The molecule has 5 aliphatic carbocycles. The zero-order valence-electron chi connectivity index (χ0n) is 16.8. The minimum Gasteiger partial charge on any atom is -0.392 e.